The Morgan fingerprint density at radius 3 is 2.48 bits per heavy atom. The molecule has 2 rings (SSSR count). The summed E-state index contributed by atoms with van der Waals surface area (Å²) in [6.45, 7) is 0. The molecule has 0 aliphatic rings. The van der Waals surface area contributed by atoms with Crippen molar-refractivity contribution >= 4 is 41.1 Å². The second-order valence-electron chi connectivity index (χ2n) is 4.79. The van der Waals surface area contributed by atoms with Gasteiger partial charge in [0.2, 0.25) is 0 Å². The van der Waals surface area contributed by atoms with Crippen molar-refractivity contribution in [3.05, 3.63) is 57.8 Å². The second kappa shape index (κ2) is 7.71. The summed E-state index contributed by atoms with van der Waals surface area (Å²) in [5, 5.41) is 7.60. The van der Waals surface area contributed by atoms with E-state index in [1.807, 2.05) is 0 Å². The Morgan fingerprint density at radius 1 is 1.28 bits per heavy atom. The first-order valence-corrected chi connectivity index (χ1v) is 7.49. The van der Waals surface area contributed by atoms with Gasteiger partial charge >= 0.3 is 12.2 Å². The molecular formula is C15H11Cl2F3N4O. The number of urea groups is 1. The molecule has 0 bridgehead atoms. The van der Waals surface area contributed by atoms with Gasteiger partial charge in [-0.2, -0.15) is 18.3 Å². The minimum atomic E-state index is -4.54. The van der Waals surface area contributed by atoms with E-state index in [0.717, 1.165) is 17.3 Å². The van der Waals surface area contributed by atoms with Crippen LogP contribution in [-0.4, -0.2) is 29.3 Å². The number of hydrogen-bond donors (Lipinski definition) is 1. The predicted octanol–water partition coefficient (Wildman–Crippen LogP) is 4.91. The zero-order chi connectivity index (χ0) is 18.6. The van der Waals surface area contributed by atoms with Crippen LogP contribution < -0.4 is 5.32 Å². The number of hydrazone groups is 1. The van der Waals surface area contributed by atoms with Crippen molar-refractivity contribution in [1.82, 2.24) is 9.99 Å². The molecule has 0 atom stereocenters. The van der Waals surface area contributed by atoms with Gasteiger partial charge in [0.1, 0.15) is 5.69 Å². The number of carbonyl (C=O) groups is 1. The molecule has 0 aliphatic heterocycles. The first-order chi connectivity index (χ1) is 11.7. The normalized spacial score (nSPS) is 11.6. The van der Waals surface area contributed by atoms with Gasteiger partial charge in [-0.05, 0) is 30.3 Å². The number of rotatable bonds is 3. The summed E-state index contributed by atoms with van der Waals surface area (Å²) in [4.78, 5) is 15.6. The number of benzene rings is 1. The van der Waals surface area contributed by atoms with Crippen molar-refractivity contribution < 1.29 is 18.0 Å². The molecule has 2 amide bonds. The molecule has 5 nitrogen and oxygen atoms in total. The van der Waals surface area contributed by atoms with E-state index >= 15 is 0 Å². The summed E-state index contributed by atoms with van der Waals surface area (Å²) in [5.74, 6) is 0. The van der Waals surface area contributed by atoms with Crippen LogP contribution in [0.3, 0.4) is 0 Å². The molecule has 1 aromatic carbocycles. The number of alkyl halides is 3. The molecule has 0 radical (unpaired) electrons. The third-order valence-electron chi connectivity index (χ3n) is 2.94. The highest BCUT2D eigenvalue weighted by atomic mass is 35.5. The fraction of sp³-hybridized carbons (Fsp3) is 0.133. The monoisotopic (exact) mass is 390 g/mol. The van der Waals surface area contributed by atoms with Gasteiger partial charge in [0.05, 0.1) is 16.8 Å². The quantitative estimate of drug-likeness (QED) is 0.598. The van der Waals surface area contributed by atoms with E-state index in [1.54, 1.807) is 24.3 Å². The molecule has 0 aliphatic carbocycles. The minimum Gasteiger partial charge on any atom is -0.306 e. The van der Waals surface area contributed by atoms with Crippen LogP contribution in [0.2, 0.25) is 10.0 Å². The maximum absolute atomic E-state index is 12.5. The van der Waals surface area contributed by atoms with Crippen LogP contribution in [0.1, 0.15) is 11.3 Å². The molecule has 1 heterocycles. The van der Waals surface area contributed by atoms with E-state index in [0.29, 0.717) is 16.9 Å². The van der Waals surface area contributed by atoms with Crippen molar-refractivity contribution in [1.29, 1.82) is 0 Å². The van der Waals surface area contributed by atoms with Gasteiger partial charge in [-0.1, -0.05) is 23.2 Å². The lowest BCUT2D eigenvalue weighted by Crippen LogP contribution is -2.27. The Hall–Kier alpha value is -2.32. The average molecular weight is 391 g/mol. The highest BCUT2D eigenvalue weighted by Crippen LogP contribution is 2.30. The maximum Gasteiger partial charge on any atom is 0.417 e. The molecule has 0 unspecified atom stereocenters. The molecule has 0 saturated carbocycles. The second-order valence-corrected chi connectivity index (χ2v) is 5.64. The molecule has 25 heavy (non-hydrogen) atoms. The van der Waals surface area contributed by atoms with Crippen LogP contribution in [0, 0.1) is 0 Å². The van der Waals surface area contributed by atoms with Crippen LogP contribution in [0.25, 0.3) is 0 Å². The van der Waals surface area contributed by atoms with E-state index < -0.39 is 17.8 Å². The van der Waals surface area contributed by atoms with Gasteiger partial charge in [0, 0.05) is 24.0 Å². The van der Waals surface area contributed by atoms with Crippen molar-refractivity contribution in [2.45, 2.75) is 6.18 Å². The van der Waals surface area contributed by atoms with Gasteiger partial charge < -0.3 is 5.32 Å². The number of carbonyl (C=O) groups excluding carboxylic acids is 1. The van der Waals surface area contributed by atoms with Gasteiger partial charge in [0.15, 0.2) is 0 Å². The van der Waals surface area contributed by atoms with Crippen LogP contribution in [0.4, 0.5) is 23.7 Å². The van der Waals surface area contributed by atoms with Crippen LogP contribution in [0.15, 0.2) is 41.6 Å². The first-order valence-electron chi connectivity index (χ1n) is 6.74. The van der Waals surface area contributed by atoms with E-state index in [9.17, 15) is 18.0 Å². The largest absolute Gasteiger partial charge is 0.417 e. The van der Waals surface area contributed by atoms with Gasteiger partial charge in [-0.15, -0.1) is 0 Å². The number of amides is 2. The van der Waals surface area contributed by atoms with E-state index in [4.69, 9.17) is 23.2 Å². The maximum atomic E-state index is 12.5. The zero-order valence-electron chi connectivity index (χ0n) is 12.7. The molecule has 2 aromatic rings. The van der Waals surface area contributed by atoms with Crippen LogP contribution in [-0.2, 0) is 6.18 Å². The number of nitrogens with zero attached hydrogens (tertiary/aromatic N) is 3. The third kappa shape index (κ3) is 5.33. The molecule has 132 valence electrons. The fourth-order valence-corrected chi connectivity index (χ4v) is 1.97. The van der Waals surface area contributed by atoms with Gasteiger partial charge in [-0.25, -0.2) is 9.80 Å². The van der Waals surface area contributed by atoms with Crippen molar-refractivity contribution in [3.8, 4) is 0 Å². The van der Waals surface area contributed by atoms with E-state index in [-0.39, 0.29) is 10.7 Å². The van der Waals surface area contributed by atoms with Crippen LogP contribution in [0.5, 0.6) is 0 Å². The fourth-order valence-electron chi connectivity index (χ4n) is 1.63. The Bertz CT molecular complexity index is 794. The number of aromatic nitrogens is 1. The first kappa shape index (κ1) is 19.0. The highest BCUT2D eigenvalue weighted by Gasteiger charge is 2.31. The number of halogens is 5. The van der Waals surface area contributed by atoms with Crippen molar-refractivity contribution in [3.63, 3.8) is 0 Å². The summed E-state index contributed by atoms with van der Waals surface area (Å²) in [7, 11) is 1.36. The van der Waals surface area contributed by atoms with E-state index in [1.165, 1.54) is 7.05 Å². The van der Waals surface area contributed by atoms with Gasteiger partial charge in [0.25, 0.3) is 0 Å². The molecular weight excluding hydrogens is 380 g/mol. The van der Waals surface area contributed by atoms with Gasteiger partial charge in [-0.3, -0.25) is 4.98 Å². The summed E-state index contributed by atoms with van der Waals surface area (Å²) < 4.78 is 37.6. The summed E-state index contributed by atoms with van der Waals surface area (Å²) in [6, 6.07) is 6.59. The number of pyridine rings is 1. The molecule has 1 N–H and O–H groups in total. The molecule has 1 aromatic heterocycles. The smallest absolute Gasteiger partial charge is 0.306 e. The lowest BCUT2D eigenvalue weighted by atomic mass is 10.2. The lowest BCUT2D eigenvalue weighted by Gasteiger charge is -2.12. The molecule has 0 fully saturated rings. The standard InChI is InChI=1S/C15H11Cl2F3N4O/c1-24(14(25)23-11-4-2-10(16)3-5-11)22-8-13-12(17)6-9(7-21-13)15(18,19)20/h2-8H,1H3,(H,23,25)/b22-8+. The topological polar surface area (TPSA) is 57.6 Å². The number of hydrogen-bond acceptors (Lipinski definition) is 3. The van der Waals surface area contributed by atoms with E-state index in [2.05, 4.69) is 15.4 Å². The molecule has 10 heteroatoms. The Labute approximate surface area is 151 Å². The third-order valence-corrected chi connectivity index (χ3v) is 3.49. The molecule has 0 spiro atoms. The summed E-state index contributed by atoms with van der Waals surface area (Å²) >= 11 is 11.5. The van der Waals surface area contributed by atoms with Crippen LogP contribution >= 0.6 is 23.2 Å². The summed E-state index contributed by atoms with van der Waals surface area (Å²) in [5.41, 5.74) is -0.466. The Balaban J connectivity index is 2.05. The summed E-state index contributed by atoms with van der Waals surface area (Å²) in [6.07, 6.45) is -2.81. The Kier molecular flexibility index (Phi) is 5.86. The van der Waals surface area contributed by atoms with Crippen molar-refractivity contribution in [2.24, 2.45) is 5.10 Å². The minimum absolute atomic E-state index is 0.000750. The lowest BCUT2D eigenvalue weighted by molar-refractivity contribution is -0.137. The highest BCUT2D eigenvalue weighted by molar-refractivity contribution is 6.32. The average Bonchev–Trinajstić information content (AvgIpc) is 2.54. The molecule has 0 saturated heterocycles. The zero-order valence-corrected chi connectivity index (χ0v) is 14.2. The number of nitrogens with one attached hydrogen (secondary N) is 1. The van der Waals surface area contributed by atoms with Crippen molar-refractivity contribution in [2.75, 3.05) is 12.4 Å². The number of anilines is 1. The predicted molar refractivity (Wildman–Crippen MR) is 90.1 cm³/mol. The SMILES string of the molecule is CN(/N=C/c1ncc(C(F)(F)F)cc1Cl)C(=O)Nc1ccc(Cl)cc1. The Morgan fingerprint density at radius 2 is 1.92 bits per heavy atom.